The lowest BCUT2D eigenvalue weighted by atomic mass is 10.0. The number of ether oxygens (including phenoxy) is 1. The molecule has 2 N–H and O–H groups in total. The number of rotatable bonds is 5. The molecule has 8 nitrogen and oxygen atoms in total. The van der Waals surface area contributed by atoms with Crippen molar-refractivity contribution in [2.45, 2.75) is 38.8 Å². The highest BCUT2D eigenvalue weighted by atomic mass is 35.5. The molecule has 0 fully saturated rings. The summed E-state index contributed by atoms with van der Waals surface area (Å²) < 4.78 is 26.4. The monoisotopic (exact) mass is 522 g/mol. The van der Waals surface area contributed by atoms with Crippen LogP contribution in [0.1, 0.15) is 35.4 Å². The summed E-state index contributed by atoms with van der Waals surface area (Å²) in [6.07, 6.45) is 3.22. The Morgan fingerprint density at radius 2 is 1.89 bits per heavy atom. The molecule has 10 heteroatoms. The Labute approximate surface area is 214 Å². The van der Waals surface area contributed by atoms with Gasteiger partial charge in [0.15, 0.2) is 16.2 Å². The van der Waals surface area contributed by atoms with Crippen LogP contribution in [0.4, 0.5) is 0 Å². The number of hydrogen-bond acceptors (Lipinski definition) is 6. The summed E-state index contributed by atoms with van der Waals surface area (Å²) in [7, 11) is -1.90. The molecule has 0 saturated heterocycles. The van der Waals surface area contributed by atoms with Gasteiger partial charge in [-0.25, -0.2) is 19.3 Å². The molecule has 0 spiro atoms. The molecule has 0 radical (unpaired) electrons. The molecule has 36 heavy (non-hydrogen) atoms. The molecule has 0 amide bonds. The van der Waals surface area contributed by atoms with Gasteiger partial charge in [0.1, 0.15) is 39.2 Å². The standard InChI is InChI=1S/C26H23ClN4O4S/c1-13-9-18(16(4)34-20-6-7-21(27)30-26(20)36(28)33)25-19(10-13)23(32)15(3)24(35-25)17-5-8-22-29-14(2)11-31(22)12-17/h5-12,16H,28H2,1-4H3. The largest absolute Gasteiger partial charge is 0.483 e. The molecule has 0 aliphatic rings. The van der Waals surface area contributed by atoms with Gasteiger partial charge in [-0.3, -0.25) is 4.79 Å². The van der Waals surface area contributed by atoms with Crippen LogP contribution in [0.2, 0.25) is 5.15 Å². The fraction of sp³-hybridized carbons (Fsp3) is 0.192. The number of halogens is 1. The normalized spacial score (nSPS) is 13.3. The van der Waals surface area contributed by atoms with Gasteiger partial charge in [-0.05, 0) is 69.7 Å². The Hall–Kier alpha value is -3.53. The van der Waals surface area contributed by atoms with E-state index in [4.69, 9.17) is 25.9 Å². The lowest BCUT2D eigenvalue weighted by Gasteiger charge is -2.19. The maximum absolute atomic E-state index is 13.5. The maximum Gasteiger partial charge on any atom is 0.196 e. The van der Waals surface area contributed by atoms with Gasteiger partial charge in [-0.2, -0.15) is 0 Å². The van der Waals surface area contributed by atoms with E-state index in [-0.39, 0.29) is 21.4 Å². The lowest BCUT2D eigenvalue weighted by molar-refractivity contribution is 0.219. The van der Waals surface area contributed by atoms with Crippen LogP contribution < -0.4 is 15.3 Å². The van der Waals surface area contributed by atoms with Crippen LogP contribution in [0.15, 0.2) is 63.0 Å². The van der Waals surface area contributed by atoms with Crippen molar-refractivity contribution in [2.75, 3.05) is 0 Å². The van der Waals surface area contributed by atoms with Crippen molar-refractivity contribution >= 4 is 39.2 Å². The zero-order valence-electron chi connectivity index (χ0n) is 20.0. The Kier molecular flexibility index (Phi) is 6.15. The first-order valence-electron chi connectivity index (χ1n) is 11.2. The second kappa shape index (κ2) is 9.16. The number of hydrogen-bond donors (Lipinski definition) is 1. The molecular formula is C26H23ClN4O4S. The Bertz CT molecular complexity index is 1740. The van der Waals surface area contributed by atoms with Crippen molar-refractivity contribution in [3.8, 4) is 17.1 Å². The third kappa shape index (κ3) is 4.30. The summed E-state index contributed by atoms with van der Waals surface area (Å²) in [6.45, 7) is 7.39. The maximum atomic E-state index is 13.5. The Morgan fingerprint density at radius 1 is 1.11 bits per heavy atom. The minimum Gasteiger partial charge on any atom is -0.483 e. The summed E-state index contributed by atoms with van der Waals surface area (Å²) in [4.78, 5) is 22.0. The van der Waals surface area contributed by atoms with E-state index in [0.717, 1.165) is 22.5 Å². The van der Waals surface area contributed by atoms with E-state index in [2.05, 4.69) is 9.97 Å². The zero-order valence-corrected chi connectivity index (χ0v) is 21.6. The number of fused-ring (bicyclic) bond motifs is 2. The predicted octanol–water partition coefficient (Wildman–Crippen LogP) is 5.20. The first-order chi connectivity index (χ1) is 17.1. The van der Waals surface area contributed by atoms with Gasteiger partial charge >= 0.3 is 0 Å². The van der Waals surface area contributed by atoms with E-state index in [9.17, 15) is 9.00 Å². The van der Waals surface area contributed by atoms with Crippen molar-refractivity contribution < 1.29 is 13.4 Å². The Morgan fingerprint density at radius 3 is 2.64 bits per heavy atom. The summed E-state index contributed by atoms with van der Waals surface area (Å²) in [5, 5.41) is 6.22. The minimum absolute atomic E-state index is 0.0354. The molecule has 5 rings (SSSR count). The van der Waals surface area contributed by atoms with E-state index in [1.165, 1.54) is 6.07 Å². The number of imidazole rings is 1. The Balaban J connectivity index is 1.67. The summed E-state index contributed by atoms with van der Waals surface area (Å²) >= 11 is 5.95. The number of pyridine rings is 2. The van der Waals surface area contributed by atoms with E-state index in [1.807, 2.05) is 55.8 Å². The summed E-state index contributed by atoms with van der Waals surface area (Å²) in [6, 6.07) is 10.6. The highest BCUT2D eigenvalue weighted by Crippen LogP contribution is 2.34. The van der Waals surface area contributed by atoms with Crippen LogP contribution in [-0.4, -0.2) is 18.6 Å². The number of nitrogens with two attached hydrogens (primary N) is 1. The molecule has 0 aliphatic carbocycles. The molecule has 0 aliphatic heterocycles. The van der Waals surface area contributed by atoms with Crippen LogP contribution in [-0.2, 0) is 11.0 Å². The van der Waals surface area contributed by atoms with Crippen LogP contribution in [0.5, 0.6) is 5.75 Å². The SMILES string of the molecule is Cc1cc(C(C)Oc2ccc(Cl)nc2S(N)=O)c2oc(-c3ccc4nc(C)cn4c3)c(C)c(=O)c2c1. The van der Waals surface area contributed by atoms with Gasteiger partial charge in [0, 0.05) is 29.1 Å². The van der Waals surface area contributed by atoms with Crippen molar-refractivity contribution in [3.63, 3.8) is 0 Å². The van der Waals surface area contributed by atoms with Crippen molar-refractivity contribution in [3.05, 3.63) is 86.6 Å². The molecular weight excluding hydrogens is 500 g/mol. The van der Waals surface area contributed by atoms with Crippen molar-refractivity contribution in [1.29, 1.82) is 0 Å². The van der Waals surface area contributed by atoms with Crippen molar-refractivity contribution in [1.82, 2.24) is 14.4 Å². The number of benzene rings is 1. The summed E-state index contributed by atoms with van der Waals surface area (Å²) in [5.41, 5.74) is 4.78. The number of aryl methyl sites for hydroxylation is 2. The van der Waals surface area contributed by atoms with E-state index in [0.29, 0.717) is 27.9 Å². The fourth-order valence-corrected chi connectivity index (χ4v) is 4.99. The van der Waals surface area contributed by atoms with Crippen LogP contribution in [0.3, 0.4) is 0 Å². The highest BCUT2D eigenvalue weighted by Gasteiger charge is 2.22. The van der Waals surface area contributed by atoms with E-state index < -0.39 is 17.1 Å². The minimum atomic E-state index is -1.90. The molecule has 5 aromatic rings. The van der Waals surface area contributed by atoms with E-state index in [1.54, 1.807) is 19.1 Å². The predicted molar refractivity (Wildman–Crippen MR) is 140 cm³/mol. The lowest BCUT2D eigenvalue weighted by Crippen LogP contribution is -2.13. The smallest absolute Gasteiger partial charge is 0.196 e. The second-order valence-corrected chi connectivity index (χ2v) is 10.0. The van der Waals surface area contributed by atoms with E-state index >= 15 is 0 Å². The third-order valence-corrected chi connectivity index (χ3v) is 6.83. The average molecular weight is 523 g/mol. The number of aromatic nitrogens is 3. The molecule has 1 aromatic carbocycles. The van der Waals surface area contributed by atoms with Gasteiger partial charge in [0.05, 0.1) is 11.1 Å². The van der Waals surface area contributed by atoms with Crippen LogP contribution in [0.25, 0.3) is 27.9 Å². The van der Waals surface area contributed by atoms with Crippen molar-refractivity contribution in [2.24, 2.45) is 5.14 Å². The second-order valence-electron chi connectivity index (χ2n) is 8.68. The topological polar surface area (TPSA) is 113 Å². The first-order valence-corrected chi connectivity index (χ1v) is 12.7. The zero-order chi connectivity index (χ0) is 25.7. The van der Waals surface area contributed by atoms with Gasteiger partial charge in [0.2, 0.25) is 0 Å². The quantitative estimate of drug-likeness (QED) is 0.317. The van der Waals surface area contributed by atoms with Gasteiger partial charge in [0.25, 0.3) is 0 Å². The highest BCUT2D eigenvalue weighted by molar-refractivity contribution is 7.82. The average Bonchev–Trinajstić information content (AvgIpc) is 3.21. The molecule has 0 bridgehead atoms. The molecule has 2 unspecified atom stereocenters. The van der Waals surface area contributed by atoms with Crippen LogP contribution in [0, 0.1) is 20.8 Å². The fourth-order valence-electron chi connectivity index (χ4n) is 4.29. The number of nitrogens with zero attached hydrogens (tertiary/aromatic N) is 3. The molecule has 4 heterocycles. The molecule has 2 atom stereocenters. The molecule has 0 saturated carbocycles. The first kappa shape index (κ1) is 24.2. The summed E-state index contributed by atoms with van der Waals surface area (Å²) in [5.74, 6) is 0.702. The van der Waals surface area contributed by atoms with Gasteiger partial charge < -0.3 is 13.6 Å². The van der Waals surface area contributed by atoms with Gasteiger partial charge in [-0.1, -0.05) is 11.6 Å². The molecule has 184 valence electrons. The van der Waals surface area contributed by atoms with Gasteiger partial charge in [-0.15, -0.1) is 0 Å². The third-order valence-electron chi connectivity index (χ3n) is 5.95. The van der Waals surface area contributed by atoms with Crippen LogP contribution >= 0.6 is 11.6 Å². The molecule has 4 aromatic heterocycles.